The van der Waals surface area contributed by atoms with Gasteiger partial charge >= 0.3 is 0 Å². The summed E-state index contributed by atoms with van der Waals surface area (Å²) in [6.07, 6.45) is 3.28. The highest BCUT2D eigenvalue weighted by molar-refractivity contribution is 7.85. The van der Waals surface area contributed by atoms with E-state index in [1.807, 2.05) is 31.2 Å². The van der Waals surface area contributed by atoms with Gasteiger partial charge in [0.25, 0.3) is 49.6 Å². The maximum atomic E-state index is 13.5. The molecule has 2 aliphatic heterocycles. The highest BCUT2D eigenvalue weighted by Crippen LogP contribution is 2.39. The molecule has 4 aromatic rings. The SMILES string of the molecule is CS(=O)(=O)O.CS(=O)(=O)O.C[C@H](CNCCNC[C@@H](C)N1C(=O)c2ccc3c4c(ccc(c24)C1=O)CC3)N1C(=O)c2cccc3cc([N+](=O)[O-])cc(c23)C1=O. The molecule has 2 atom stereocenters. The Labute approximate surface area is 316 Å². The van der Waals surface area contributed by atoms with E-state index in [0.717, 1.165) is 28.5 Å². The van der Waals surface area contributed by atoms with E-state index in [9.17, 15) is 46.1 Å². The van der Waals surface area contributed by atoms with Crippen LogP contribution < -0.4 is 10.6 Å². The molecule has 4 amide bonds. The molecule has 0 radical (unpaired) electrons. The van der Waals surface area contributed by atoms with Crippen LogP contribution >= 0.6 is 0 Å². The van der Waals surface area contributed by atoms with Gasteiger partial charge in [-0.25, -0.2) is 0 Å². The van der Waals surface area contributed by atoms with E-state index in [1.54, 1.807) is 25.1 Å². The molecule has 1 aliphatic carbocycles. The Kier molecular flexibility index (Phi) is 11.8. The fourth-order valence-corrected chi connectivity index (χ4v) is 7.04. The number of nitro groups is 1. The normalized spacial score (nSPS) is 15.7. The topological polar surface area (TPSA) is 251 Å². The van der Waals surface area contributed by atoms with Crippen LogP contribution in [0.4, 0.5) is 5.69 Å². The van der Waals surface area contributed by atoms with E-state index in [2.05, 4.69) is 10.6 Å². The number of rotatable bonds is 10. The van der Waals surface area contributed by atoms with Crippen molar-refractivity contribution >= 4 is 71.1 Å². The van der Waals surface area contributed by atoms with Gasteiger partial charge in [-0.2, -0.15) is 16.8 Å². The number of nitrogens with one attached hydrogen (secondary N) is 2. The minimum absolute atomic E-state index is 0.145. The Morgan fingerprint density at radius 3 is 1.53 bits per heavy atom. The summed E-state index contributed by atoms with van der Waals surface area (Å²) in [7, 11) is -7.33. The maximum absolute atomic E-state index is 13.5. The Morgan fingerprint density at radius 2 is 1.09 bits per heavy atom. The molecule has 292 valence electrons. The zero-order chi connectivity index (χ0) is 40.6. The van der Waals surface area contributed by atoms with Crippen LogP contribution in [0, 0.1) is 10.1 Å². The fraction of sp³-hybridized carbons (Fsp3) is 0.333. The Morgan fingerprint density at radius 1 is 0.673 bits per heavy atom. The van der Waals surface area contributed by atoms with Crippen molar-refractivity contribution in [2.45, 2.75) is 38.8 Å². The molecule has 0 bridgehead atoms. The van der Waals surface area contributed by atoms with Crippen LogP contribution in [0.25, 0.3) is 21.5 Å². The van der Waals surface area contributed by atoms with Gasteiger partial charge in [-0.1, -0.05) is 24.3 Å². The first-order valence-electron chi connectivity index (χ1n) is 17.0. The number of nitrogens with zero attached hydrogens (tertiary/aromatic N) is 3. The highest BCUT2D eigenvalue weighted by Gasteiger charge is 2.38. The van der Waals surface area contributed by atoms with Crippen LogP contribution in [-0.2, 0) is 33.1 Å². The lowest BCUT2D eigenvalue weighted by Crippen LogP contribution is -2.51. The Hall–Kier alpha value is -5.18. The molecule has 55 heavy (non-hydrogen) atoms. The third-order valence-corrected chi connectivity index (χ3v) is 9.21. The standard InChI is InChI=1S/C34H31N5O6.2CH4O3S/c1-18(37-32(41)25-10-8-20-6-7-21-9-11-26(33(37)42)30(25)28(20)21)16-35-12-13-36-17-19(2)38-31(40)24-5-3-4-22-14-23(39(44)45)15-27(29(22)24)34(38)43;2*1-5(2,3)4/h3-5,8-11,14-15,18-19,35-36H,6-7,12-13,16-17H2,1-2H3;2*1H3,(H,2,3,4)/t18-,19-;;/m1../s1. The zero-order valence-corrected chi connectivity index (χ0v) is 31.9. The minimum atomic E-state index is -3.67. The molecule has 4 aromatic carbocycles. The molecule has 19 heteroatoms. The van der Waals surface area contributed by atoms with Crippen molar-refractivity contribution in [2.24, 2.45) is 0 Å². The van der Waals surface area contributed by atoms with Crippen molar-refractivity contribution in [3.05, 3.63) is 98.1 Å². The number of amides is 4. The summed E-state index contributed by atoms with van der Waals surface area (Å²) in [6, 6.07) is 14.4. The zero-order valence-electron chi connectivity index (χ0n) is 30.2. The van der Waals surface area contributed by atoms with Gasteiger partial charge in [0.2, 0.25) is 0 Å². The molecule has 17 nitrogen and oxygen atoms in total. The van der Waals surface area contributed by atoms with Crippen molar-refractivity contribution in [2.75, 3.05) is 38.7 Å². The van der Waals surface area contributed by atoms with Gasteiger partial charge in [-0.15, -0.1) is 0 Å². The lowest BCUT2D eigenvalue weighted by molar-refractivity contribution is -0.384. The van der Waals surface area contributed by atoms with Crippen LogP contribution in [0.5, 0.6) is 0 Å². The highest BCUT2D eigenvalue weighted by atomic mass is 32.2. The summed E-state index contributed by atoms with van der Waals surface area (Å²) >= 11 is 0. The van der Waals surface area contributed by atoms with Gasteiger partial charge in [-0.05, 0) is 66.8 Å². The van der Waals surface area contributed by atoms with Gasteiger partial charge < -0.3 is 10.6 Å². The van der Waals surface area contributed by atoms with Gasteiger partial charge in [0.05, 0.1) is 23.0 Å². The van der Waals surface area contributed by atoms with Crippen molar-refractivity contribution in [1.82, 2.24) is 20.4 Å². The average Bonchev–Trinajstić information content (AvgIpc) is 3.51. The molecule has 0 unspecified atom stereocenters. The van der Waals surface area contributed by atoms with Crippen LogP contribution in [0.3, 0.4) is 0 Å². The fourth-order valence-electron chi connectivity index (χ4n) is 7.04. The molecule has 0 saturated heterocycles. The van der Waals surface area contributed by atoms with Gasteiger partial charge in [0.1, 0.15) is 0 Å². The Balaban J connectivity index is 0.000000517. The minimum Gasteiger partial charge on any atom is -0.313 e. The van der Waals surface area contributed by atoms with Gasteiger partial charge in [0.15, 0.2) is 0 Å². The van der Waals surface area contributed by atoms with E-state index >= 15 is 0 Å². The number of nitro benzene ring substituents is 1. The predicted octanol–water partition coefficient (Wildman–Crippen LogP) is 2.86. The predicted molar refractivity (Wildman–Crippen MR) is 203 cm³/mol. The molecular weight excluding hydrogens is 759 g/mol. The first kappa shape index (κ1) is 41.0. The number of carbonyl (C=O) groups is 4. The largest absolute Gasteiger partial charge is 0.313 e. The van der Waals surface area contributed by atoms with Gasteiger partial charge in [0, 0.05) is 77.9 Å². The average molecular weight is 798 g/mol. The summed E-state index contributed by atoms with van der Waals surface area (Å²) in [5.74, 6) is -1.54. The molecule has 0 saturated carbocycles. The molecule has 0 fully saturated rings. The van der Waals surface area contributed by atoms with Crippen molar-refractivity contribution in [3.8, 4) is 0 Å². The van der Waals surface area contributed by atoms with E-state index < -0.39 is 43.0 Å². The Bertz CT molecular complexity index is 2380. The third-order valence-electron chi connectivity index (χ3n) is 9.21. The first-order valence-corrected chi connectivity index (χ1v) is 20.7. The number of imide groups is 2. The number of carbonyl (C=O) groups excluding carboxylic acids is 4. The molecule has 4 N–H and O–H groups in total. The number of non-ortho nitro benzene ring substituents is 1. The van der Waals surface area contributed by atoms with Crippen LogP contribution in [0.15, 0.2) is 54.6 Å². The van der Waals surface area contributed by atoms with Gasteiger partial charge in [-0.3, -0.25) is 48.2 Å². The molecule has 3 aliphatic rings. The second-order valence-electron chi connectivity index (χ2n) is 13.5. The molecular formula is C36H39N5O12S2. The van der Waals surface area contributed by atoms with Crippen molar-refractivity contribution < 1.29 is 50.0 Å². The van der Waals surface area contributed by atoms with E-state index in [4.69, 9.17) is 9.11 Å². The lowest BCUT2D eigenvalue weighted by atomic mass is 9.90. The van der Waals surface area contributed by atoms with Crippen LogP contribution in [0.1, 0.15) is 66.4 Å². The summed E-state index contributed by atoms with van der Waals surface area (Å²) < 4.78 is 51.7. The summed E-state index contributed by atoms with van der Waals surface area (Å²) in [4.78, 5) is 67.1. The van der Waals surface area contributed by atoms with Crippen LogP contribution in [-0.4, -0.2) is 115 Å². The summed E-state index contributed by atoms with van der Waals surface area (Å²) in [6.45, 7) is 5.31. The first-order chi connectivity index (χ1) is 25.7. The second kappa shape index (κ2) is 15.9. The number of hydrogen-bond donors (Lipinski definition) is 4. The number of aryl methyl sites for hydroxylation is 2. The number of benzene rings is 4. The summed E-state index contributed by atoms with van der Waals surface area (Å²) in [5.41, 5.74) is 3.81. The molecule has 7 rings (SSSR count). The van der Waals surface area contributed by atoms with Crippen molar-refractivity contribution in [3.63, 3.8) is 0 Å². The lowest BCUT2D eigenvalue weighted by Gasteiger charge is -2.32. The quantitative estimate of drug-likeness (QED) is 0.0592. The number of hydrogen-bond acceptors (Lipinski definition) is 12. The molecule has 0 aromatic heterocycles. The monoisotopic (exact) mass is 797 g/mol. The van der Waals surface area contributed by atoms with E-state index in [0.29, 0.717) is 66.2 Å². The van der Waals surface area contributed by atoms with Crippen molar-refractivity contribution in [1.29, 1.82) is 0 Å². The van der Waals surface area contributed by atoms with E-state index in [-0.39, 0.29) is 29.1 Å². The molecule has 0 spiro atoms. The second-order valence-corrected chi connectivity index (χ2v) is 16.4. The summed E-state index contributed by atoms with van der Waals surface area (Å²) in [5, 5.41) is 20.8. The van der Waals surface area contributed by atoms with E-state index in [1.165, 1.54) is 28.2 Å². The third kappa shape index (κ3) is 9.04. The van der Waals surface area contributed by atoms with Crippen LogP contribution in [0.2, 0.25) is 0 Å². The molecule has 2 heterocycles. The maximum Gasteiger partial charge on any atom is 0.270 e. The smallest absolute Gasteiger partial charge is 0.270 e.